The van der Waals surface area contributed by atoms with Gasteiger partial charge in [0.05, 0.1) is 6.10 Å². The van der Waals surface area contributed by atoms with Gasteiger partial charge < -0.3 is 15.8 Å². The van der Waals surface area contributed by atoms with Crippen molar-refractivity contribution in [3.63, 3.8) is 0 Å². The molecule has 2 unspecified atom stereocenters. The zero-order chi connectivity index (χ0) is 10.9. The minimum Gasteiger partial charge on any atom is -0.381 e. The number of methoxy groups -OCH3 is 1. The molecule has 2 aliphatic carbocycles. The fourth-order valence-corrected chi connectivity index (χ4v) is 2.78. The second-order valence-electron chi connectivity index (χ2n) is 5.56. The van der Waals surface area contributed by atoms with E-state index in [0.717, 1.165) is 6.54 Å². The molecule has 0 bridgehead atoms. The van der Waals surface area contributed by atoms with Crippen LogP contribution >= 0.6 is 0 Å². The number of nitrogens with two attached hydrogens (primary N) is 1. The Morgan fingerprint density at radius 3 is 2.73 bits per heavy atom. The zero-order valence-electron chi connectivity index (χ0n) is 9.96. The van der Waals surface area contributed by atoms with Crippen molar-refractivity contribution in [3.05, 3.63) is 0 Å². The molecule has 3 nitrogen and oxygen atoms in total. The van der Waals surface area contributed by atoms with Crippen LogP contribution in [0.25, 0.3) is 0 Å². The highest BCUT2D eigenvalue weighted by atomic mass is 16.5. The molecular weight excluding hydrogens is 188 g/mol. The second-order valence-corrected chi connectivity index (χ2v) is 5.56. The van der Waals surface area contributed by atoms with Crippen LogP contribution in [0.2, 0.25) is 0 Å². The molecular formula is C12H24N2O. The fraction of sp³-hybridized carbons (Fsp3) is 1.00. The van der Waals surface area contributed by atoms with E-state index in [1.165, 1.54) is 32.1 Å². The lowest BCUT2D eigenvalue weighted by molar-refractivity contribution is 0.0143. The molecule has 0 spiro atoms. The van der Waals surface area contributed by atoms with E-state index in [1.54, 1.807) is 7.11 Å². The average Bonchev–Trinajstić information content (AvgIpc) is 2.45. The lowest BCUT2D eigenvalue weighted by Gasteiger charge is -2.38. The predicted molar refractivity (Wildman–Crippen MR) is 61.8 cm³/mol. The van der Waals surface area contributed by atoms with Gasteiger partial charge in [0.25, 0.3) is 0 Å². The Morgan fingerprint density at radius 1 is 1.47 bits per heavy atom. The van der Waals surface area contributed by atoms with E-state index in [-0.39, 0.29) is 0 Å². The van der Waals surface area contributed by atoms with Crippen LogP contribution in [-0.2, 0) is 4.74 Å². The van der Waals surface area contributed by atoms with E-state index in [1.807, 2.05) is 0 Å². The van der Waals surface area contributed by atoms with Gasteiger partial charge in [-0.2, -0.15) is 0 Å². The molecule has 0 radical (unpaired) electrons. The first kappa shape index (κ1) is 11.4. The van der Waals surface area contributed by atoms with Gasteiger partial charge >= 0.3 is 0 Å². The van der Waals surface area contributed by atoms with Gasteiger partial charge in [0.15, 0.2) is 0 Å². The standard InChI is InChI=1S/C12H24N2O/c1-12(5-3-4-11(12)13)8-14-9-6-10(7-9)15-2/h9-11,14H,3-8,13H2,1-2H3. The minimum atomic E-state index is 0.332. The molecule has 0 heterocycles. The van der Waals surface area contributed by atoms with E-state index in [2.05, 4.69) is 12.2 Å². The average molecular weight is 212 g/mol. The highest BCUT2D eigenvalue weighted by molar-refractivity contribution is 4.95. The topological polar surface area (TPSA) is 47.3 Å². The molecule has 2 rings (SSSR count). The van der Waals surface area contributed by atoms with E-state index in [9.17, 15) is 0 Å². The zero-order valence-corrected chi connectivity index (χ0v) is 9.96. The first-order chi connectivity index (χ1) is 7.14. The Kier molecular flexibility index (Phi) is 3.33. The summed E-state index contributed by atoms with van der Waals surface area (Å²) in [7, 11) is 1.80. The molecule has 0 saturated heterocycles. The number of hydrogen-bond acceptors (Lipinski definition) is 3. The first-order valence-corrected chi connectivity index (χ1v) is 6.16. The summed E-state index contributed by atoms with van der Waals surface area (Å²) in [5, 5.41) is 3.64. The van der Waals surface area contributed by atoms with E-state index in [0.29, 0.717) is 23.6 Å². The minimum absolute atomic E-state index is 0.332. The van der Waals surface area contributed by atoms with Crippen LogP contribution in [0.5, 0.6) is 0 Å². The molecule has 0 aliphatic heterocycles. The van der Waals surface area contributed by atoms with E-state index in [4.69, 9.17) is 10.5 Å². The molecule has 2 atom stereocenters. The smallest absolute Gasteiger partial charge is 0.0601 e. The summed E-state index contributed by atoms with van der Waals surface area (Å²) in [6.45, 7) is 3.40. The van der Waals surface area contributed by atoms with Crippen LogP contribution in [-0.4, -0.2) is 31.8 Å². The van der Waals surface area contributed by atoms with Crippen molar-refractivity contribution in [1.82, 2.24) is 5.32 Å². The third-order valence-electron chi connectivity index (χ3n) is 4.38. The van der Waals surface area contributed by atoms with Gasteiger partial charge in [-0.05, 0) is 31.1 Å². The molecule has 0 aromatic heterocycles. The monoisotopic (exact) mass is 212 g/mol. The van der Waals surface area contributed by atoms with Crippen LogP contribution in [0.3, 0.4) is 0 Å². The summed E-state index contributed by atoms with van der Waals surface area (Å²) in [5.74, 6) is 0. The Bertz CT molecular complexity index is 216. The molecule has 2 fully saturated rings. The van der Waals surface area contributed by atoms with Crippen molar-refractivity contribution in [3.8, 4) is 0 Å². The maximum atomic E-state index is 6.15. The molecule has 3 N–H and O–H groups in total. The van der Waals surface area contributed by atoms with Crippen molar-refractivity contribution >= 4 is 0 Å². The molecule has 88 valence electrons. The fourth-order valence-electron chi connectivity index (χ4n) is 2.78. The van der Waals surface area contributed by atoms with Crippen LogP contribution in [0.15, 0.2) is 0 Å². The molecule has 2 saturated carbocycles. The van der Waals surface area contributed by atoms with Crippen LogP contribution in [0.4, 0.5) is 0 Å². The quantitative estimate of drug-likeness (QED) is 0.738. The van der Waals surface area contributed by atoms with E-state index < -0.39 is 0 Å². The number of nitrogens with one attached hydrogen (secondary N) is 1. The van der Waals surface area contributed by atoms with Gasteiger partial charge in [0, 0.05) is 25.7 Å². The highest BCUT2D eigenvalue weighted by Gasteiger charge is 2.38. The van der Waals surface area contributed by atoms with Crippen LogP contribution in [0, 0.1) is 5.41 Å². The Balaban J connectivity index is 1.70. The SMILES string of the molecule is COC1CC(NCC2(C)CCCC2N)C1. The van der Waals surface area contributed by atoms with Gasteiger partial charge in [-0.1, -0.05) is 13.3 Å². The van der Waals surface area contributed by atoms with Crippen LogP contribution < -0.4 is 11.1 Å². The summed E-state index contributed by atoms with van der Waals surface area (Å²) < 4.78 is 5.27. The largest absolute Gasteiger partial charge is 0.381 e. The summed E-state index contributed by atoms with van der Waals surface area (Å²) in [5.41, 5.74) is 6.48. The van der Waals surface area contributed by atoms with Gasteiger partial charge in [-0.3, -0.25) is 0 Å². The van der Waals surface area contributed by atoms with Crippen molar-refractivity contribution in [1.29, 1.82) is 0 Å². The third-order valence-corrected chi connectivity index (χ3v) is 4.38. The molecule has 0 aromatic carbocycles. The maximum absolute atomic E-state index is 6.15. The molecule has 15 heavy (non-hydrogen) atoms. The third kappa shape index (κ3) is 2.35. The normalized spacial score (nSPS) is 45.4. The van der Waals surface area contributed by atoms with E-state index >= 15 is 0 Å². The summed E-state index contributed by atoms with van der Waals surface area (Å²) in [4.78, 5) is 0. The maximum Gasteiger partial charge on any atom is 0.0601 e. The first-order valence-electron chi connectivity index (χ1n) is 6.16. The van der Waals surface area contributed by atoms with Crippen LogP contribution in [0.1, 0.15) is 39.0 Å². The van der Waals surface area contributed by atoms with Crippen molar-refractivity contribution in [2.75, 3.05) is 13.7 Å². The summed E-state index contributed by atoms with van der Waals surface area (Å²) in [6.07, 6.45) is 6.60. The van der Waals surface area contributed by atoms with Crippen molar-refractivity contribution in [2.45, 2.75) is 57.2 Å². The Labute approximate surface area is 92.7 Å². The van der Waals surface area contributed by atoms with Crippen molar-refractivity contribution < 1.29 is 4.74 Å². The lowest BCUT2D eigenvalue weighted by Crippen LogP contribution is -2.51. The molecule has 0 amide bonds. The Morgan fingerprint density at radius 2 is 2.20 bits per heavy atom. The lowest BCUT2D eigenvalue weighted by atomic mass is 9.83. The predicted octanol–water partition coefficient (Wildman–Crippen LogP) is 1.27. The van der Waals surface area contributed by atoms with Gasteiger partial charge in [-0.25, -0.2) is 0 Å². The molecule has 3 heteroatoms. The summed E-state index contributed by atoms with van der Waals surface area (Å²) in [6, 6.07) is 1.06. The number of rotatable bonds is 4. The molecule has 2 aliphatic rings. The number of ether oxygens (including phenoxy) is 1. The van der Waals surface area contributed by atoms with Crippen molar-refractivity contribution in [2.24, 2.45) is 11.1 Å². The van der Waals surface area contributed by atoms with Gasteiger partial charge in [0.2, 0.25) is 0 Å². The van der Waals surface area contributed by atoms with Gasteiger partial charge in [0.1, 0.15) is 0 Å². The van der Waals surface area contributed by atoms with Gasteiger partial charge in [-0.15, -0.1) is 0 Å². The molecule has 0 aromatic rings. The Hall–Kier alpha value is -0.120. The summed E-state index contributed by atoms with van der Waals surface area (Å²) >= 11 is 0. The number of hydrogen-bond donors (Lipinski definition) is 2. The second kappa shape index (κ2) is 4.40. The highest BCUT2D eigenvalue weighted by Crippen LogP contribution is 2.36.